The van der Waals surface area contributed by atoms with Gasteiger partial charge in [-0.25, -0.2) is 14.5 Å². The summed E-state index contributed by atoms with van der Waals surface area (Å²) in [5, 5.41) is 14.0. The van der Waals surface area contributed by atoms with Gasteiger partial charge in [0, 0.05) is 41.5 Å². The van der Waals surface area contributed by atoms with E-state index in [4.69, 9.17) is 20.3 Å². The zero-order valence-electron chi connectivity index (χ0n) is 27.5. The van der Waals surface area contributed by atoms with Crippen molar-refractivity contribution in [3.05, 3.63) is 52.9 Å². The second kappa shape index (κ2) is 18.6. The Kier molecular flexibility index (Phi) is 14.9. The fourth-order valence-electron chi connectivity index (χ4n) is 4.67. The van der Waals surface area contributed by atoms with Crippen LogP contribution in [0.3, 0.4) is 0 Å². The van der Waals surface area contributed by atoms with E-state index in [1.165, 1.54) is 24.1 Å². The molecule has 0 bridgehead atoms. The van der Waals surface area contributed by atoms with Gasteiger partial charge in [0.1, 0.15) is 18.0 Å². The monoisotopic (exact) mass is 655 g/mol. The highest BCUT2D eigenvalue weighted by Crippen LogP contribution is 2.29. The summed E-state index contributed by atoms with van der Waals surface area (Å²) in [5.41, 5.74) is 8.92. The number of thiophene rings is 1. The van der Waals surface area contributed by atoms with Crippen LogP contribution in [0.4, 0.5) is 16.4 Å². The Balaban J connectivity index is 0.000000273. The third-order valence-corrected chi connectivity index (χ3v) is 7.45. The molecule has 0 unspecified atom stereocenters. The van der Waals surface area contributed by atoms with Crippen LogP contribution in [-0.4, -0.2) is 56.6 Å². The van der Waals surface area contributed by atoms with Crippen molar-refractivity contribution in [3.63, 3.8) is 0 Å². The third kappa shape index (κ3) is 12.5. The molecule has 5 rings (SSSR count). The number of carbonyl (C=O) groups is 1. The predicted octanol–water partition coefficient (Wildman–Crippen LogP) is 7.96. The van der Waals surface area contributed by atoms with Gasteiger partial charge < -0.3 is 25.8 Å². The molecule has 1 amide bonds. The Morgan fingerprint density at radius 2 is 1.91 bits per heavy atom. The van der Waals surface area contributed by atoms with Crippen molar-refractivity contribution in [1.82, 2.24) is 25.1 Å². The van der Waals surface area contributed by atoms with Gasteiger partial charge in [-0.15, -0.1) is 11.3 Å². The molecule has 0 saturated heterocycles. The molecule has 0 spiro atoms. The number of hydrogen-bond donors (Lipinski definition) is 3. The molecule has 3 aromatic heterocycles. The minimum absolute atomic E-state index is 0.224. The quantitative estimate of drug-likeness (QED) is 0.154. The molecule has 0 aliphatic heterocycles. The van der Waals surface area contributed by atoms with Crippen molar-refractivity contribution < 1.29 is 14.3 Å². The summed E-state index contributed by atoms with van der Waals surface area (Å²) in [4.78, 5) is 21.2. The summed E-state index contributed by atoms with van der Waals surface area (Å²) in [6.07, 6.45) is 12.4. The lowest BCUT2D eigenvalue weighted by molar-refractivity contribution is 0.0493. The number of nitrogen functional groups attached to an aromatic ring is 1. The lowest BCUT2D eigenvalue weighted by Gasteiger charge is -2.25. The number of nitrogens with one attached hydrogen (secondary N) is 2. The Hall–Kier alpha value is -3.35. The zero-order chi connectivity index (χ0) is 32.7. The molecule has 1 aliphatic rings. The molecular formula is C33H49N7O3S2. The first-order valence-corrected chi connectivity index (χ1v) is 18.0. The second-order valence-corrected chi connectivity index (χ2v) is 13.6. The maximum Gasteiger partial charge on any atom is 0.407 e. The predicted molar refractivity (Wildman–Crippen MR) is 189 cm³/mol. The summed E-state index contributed by atoms with van der Waals surface area (Å²) in [6, 6.07) is 12.7. The fraction of sp³-hybridized carbons (Fsp3) is 0.515. The Morgan fingerprint density at radius 3 is 2.58 bits per heavy atom. The lowest BCUT2D eigenvalue weighted by atomic mass is 9.96. The number of nitrogens with two attached hydrogens (primary N) is 1. The Bertz CT molecular complexity index is 1430. The van der Waals surface area contributed by atoms with Gasteiger partial charge in [-0.05, 0) is 76.1 Å². The van der Waals surface area contributed by atoms with E-state index in [9.17, 15) is 4.79 Å². The number of amides is 1. The van der Waals surface area contributed by atoms with Crippen LogP contribution in [-0.2, 0) is 22.7 Å². The van der Waals surface area contributed by atoms with E-state index in [1.54, 1.807) is 34.0 Å². The van der Waals surface area contributed by atoms with E-state index < -0.39 is 5.60 Å². The van der Waals surface area contributed by atoms with Crippen LogP contribution in [0.5, 0.6) is 0 Å². The highest BCUT2D eigenvalue weighted by Gasteiger charge is 2.20. The molecule has 1 fully saturated rings. The van der Waals surface area contributed by atoms with Gasteiger partial charge >= 0.3 is 6.09 Å². The summed E-state index contributed by atoms with van der Waals surface area (Å²) in [6.45, 7) is 9.51. The number of ether oxygens (including phenoxy) is 2. The first-order chi connectivity index (χ1) is 21.6. The number of rotatable bonds is 9. The highest BCUT2D eigenvalue weighted by molar-refractivity contribution is 7.97. The number of benzene rings is 1. The summed E-state index contributed by atoms with van der Waals surface area (Å²) in [7, 11) is 0. The van der Waals surface area contributed by atoms with Gasteiger partial charge in [-0.1, -0.05) is 44.4 Å². The molecule has 12 heteroatoms. The minimum Gasteiger partial charge on any atom is -0.444 e. The number of hydrogen-bond acceptors (Lipinski definition) is 10. The average molecular weight is 656 g/mol. The molecule has 1 aliphatic carbocycles. The summed E-state index contributed by atoms with van der Waals surface area (Å²) in [5.74, 6) is 0.224. The third-order valence-electron chi connectivity index (χ3n) is 6.58. The molecule has 0 radical (unpaired) electrons. The topological polar surface area (TPSA) is 129 Å². The number of fused-ring (bicyclic) bond motifs is 1. The minimum atomic E-state index is -0.390. The van der Waals surface area contributed by atoms with Gasteiger partial charge in [0.05, 0.1) is 5.39 Å². The van der Waals surface area contributed by atoms with Crippen LogP contribution < -0.4 is 16.4 Å². The Labute approximate surface area is 275 Å². The molecule has 1 aromatic carbocycles. The van der Waals surface area contributed by atoms with E-state index >= 15 is 0 Å². The standard InChI is InChI=1S/C20H22N6OS.C11H21NO2.C2H6S/c1-2-8-27-13-26-19-17(12-23-20(21)24-19)18(25-26)14-5-3-6-15(10-14)22-11-16-7-4-9-28-16;1-11(2,3)14-10(13)12-9-7-5-4-6-8-9;1-3-2/h3-7,9-10,12,22H,2,8,11,13H2,1H3,(H2,21,23,24);9H,4-8H2,1-3H3,(H,12,13);1-2H3. The van der Waals surface area contributed by atoms with Crippen molar-refractivity contribution in [1.29, 1.82) is 0 Å². The highest BCUT2D eigenvalue weighted by atomic mass is 32.2. The zero-order valence-corrected chi connectivity index (χ0v) is 29.1. The number of thioether (sulfide) groups is 1. The van der Waals surface area contributed by atoms with Gasteiger partial charge in [-0.3, -0.25) is 0 Å². The van der Waals surface area contributed by atoms with Crippen LogP contribution in [0.15, 0.2) is 48.0 Å². The fourth-order valence-corrected chi connectivity index (χ4v) is 5.31. The summed E-state index contributed by atoms with van der Waals surface area (Å²) >= 11 is 3.49. The van der Waals surface area contributed by atoms with Crippen LogP contribution >= 0.6 is 23.1 Å². The summed E-state index contributed by atoms with van der Waals surface area (Å²) < 4.78 is 12.6. The van der Waals surface area contributed by atoms with Crippen molar-refractivity contribution in [2.75, 3.05) is 30.2 Å². The Morgan fingerprint density at radius 1 is 1.16 bits per heavy atom. The normalized spacial score (nSPS) is 13.3. The number of carbonyl (C=O) groups excluding carboxylic acids is 1. The molecule has 10 nitrogen and oxygen atoms in total. The van der Waals surface area contributed by atoms with Gasteiger partial charge in [-0.2, -0.15) is 21.8 Å². The van der Waals surface area contributed by atoms with Crippen molar-refractivity contribution in [2.24, 2.45) is 0 Å². The molecule has 45 heavy (non-hydrogen) atoms. The maximum absolute atomic E-state index is 11.4. The average Bonchev–Trinajstić information content (AvgIpc) is 3.65. The molecule has 246 valence electrons. The molecule has 4 aromatic rings. The first kappa shape index (κ1) is 36.1. The number of nitrogens with zero attached hydrogens (tertiary/aromatic N) is 4. The van der Waals surface area contributed by atoms with Crippen molar-refractivity contribution >= 4 is 51.9 Å². The maximum atomic E-state index is 11.4. The van der Waals surface area contributed by atoms with E-state index in [-0.39, 0.29) is 12.0 Å². The SMILES string of the molecule is CC(C)(C)OC(=O)NC1CCCCC1.CCCOCn1nc(-c2cccc(NCc3cccs3)c2)c2cnc(N)nc21.CSC. The van der Waals surface area contributed by atoms with Crippen LogP contribution in [0.2, 0.25) is 0 Å². The van der Waals surface area contributed by atoms with Gasteiger partial charge in [0.15, 0.2) is 5.65 Å². The van der Waals surface area contributed by atoms with E-state index in [1.807, 2.05) is 45.4 Å². The smallest absolute Gasteiger partial charge is 0.407 e. The van der Waals surface area contributed by atoms with Gasteiger partial charge in [0.25, 0.3) is 0 Å². The number of anilines is 2. The number of alkyl carbamates (subject to hydrolysis) is 1. The molecule has 0 atom stereocenters. The first-order valence-electron chi connectivity index (χ1n) is 15.5. The van der Waals surface area contributed by atoms with E-state index in [0.717, 1.165) is 48.1 Å². The van der Waals surface area contributed by atoms with Crippen molar-refractivity contribution in [3.8, 4) is 11.3 Å². The van der Waals surface area contributed by atoms with Gasteiger partial charge in [0.2, 0.25) is 5.95 Å². The molecule has 4 N–H and O–H groups in total. The lowest BCUT2D eigenvalue weighted by Crippen LogP contribution is -2.39. The largest absolute Gasteiger partial charge is 0.444 e. The molecule has 1 saturated carbocycles. The van der Waals surface area contributed by atoms with Crippen LogP contribution in [0.25, 0.3) is 22.3 Å². The molecule has 3 heterocycles. The number of aromatic nitrogens is 4. The van der Waals surface area contributed by atoms with Crippen molar-refractivity contribution in [2.45, 2.75) is 91.1 Å². The van der Waals surface area contributed by atoms with E-state index in [0.29, 0.717) is 25.0 Å². The van der Waals surface area contributed by atoms with Crippen LogP contribution in [0.1, 0.15) is 71.1 Å². The van der Waals surface area contributed by atoms with Crippen LogP contribution in [0, 0.1) is 0 Å². The molecular weight excluding hydrogens is 607 g/mol. The van der Waals surface area contributed by atoms with E-state index in [2.05, 4.69) is 57.2 Å². The second-order valence-electron chi connectivity index (χ2n) is 11.8.